The number of hydrogen-bond donors (Lipinski definition) is 6. The lowest BCUT2D eigenvalue weighted by molar-refractivity contribution is 0.0941. The molecule has 7 N–H and O–H groups in total. The summed E-state index contributed by atoms with van der Waals surface area (Å²) in [7, 11) is 8.07. The van der Waals surface area contributed by atoms with Crippen LogP contribution in [0.3, 0.4) is 0 Å². The third kappa shape index (κ3) is 13.3. The lowest BCUT2D eigenvalue weighted by Gasteiger charge is -2.13. The molecule has 0 aliphatic carbocycles. The molecule has 9 rings (SSSR count). The number of amides is 2. The molecule has 0 spiro atoms. The number of hydrazine groups is 2. The molecule has 2 aliphatic rings. The van der Waals surface area contributed by atoms with E-state index in [2.05, 4.69) is 56.6 Å². The van der Waals surface area contributed by atoms with Crippen molar-refractivity contribution in [1.82, 2.24) is 55.4 Å². The van der Waals surface area contributed by atoms with Gasteiger partial charge in [-0.3, -0.25) is 36.0 Å². The van der Waals surface area contributed by atoms with Crippen LogP contribution in [0.15, 0.2) is 89.4 Å². The van der Waals surface area contributed by atoms with Gasteiger partial charge in [-0.25, -0.2) is 15.8 Å². The van der Waals surface area contributed by atoms with E-state index < -0.39 is 0 Å². The summed E-state index contributed by atoms with van der Waals surface area (Å²) in [6.07, 6.45) is 9.46. The van der Waals surface area contributed by atoms with Gasteiger partial charge in [-0.05, 0) is 113 Å². The first-order valence-corrected chi connectivity index (χ1v) is 23.0. The minimum atomic E-state index is -0.344. The van der Waals surface area contributed by atoms with Gasteiger partial charge in [0.15, 0.2) is 5.11 Å². The summed E-state index contributed by atoms with van der Waals surface area (Å²) >= 11 is 18.8. The Kier molecular flexibility index (Phi) is 18.4. The Balaban J connectivity index is 0.000000172. The number of aromatic amines is 1. The van der Waals surface area contributed by atoms with Crippen molar-refractivity contribution >= 4 is 109 Å². The predicted molar refractivity (Wildman–Crippen MR) is 270 cm³/mol. The lowest BCUT2D eigenvalue weighted by atomic mass is 10.1. The fourth-order valence-corrected chi connectivity index (χ4v) is 7.98. The topological polar surface area (TPSA) is 224 Å². The van der Waals surface area contributed by atoms with Crippen molar-refractivity contribution in [1.29, 1.82) is 5.26 Å². The summed E-state index contributed by atoms with van der Waals surface area (Å²) in [6.45, 7) is 6.10. The summed E-state index contributed by atoms with van der Waals surface area (Å²) in [6, 6.07) is 18.5. The number of rotatable bonds is 10. The van der Waals surface area contributed by atoms with Gasteiger partial charge in [-0.2, -0.15) is 10.4 Å². The molecule has 0 unspecified atom stereocenters. The molecule has 0 radical (unpaired) electrons. The van der Waals surface area contributed by atoms with Crippen molar-refractivity contribution in [3.8, 4) is 5.40 Å². The average Bonchev–Trinajstić information content (AvgIpc) is 4.19. The number of nitrogen functional groups attached to an aromatic ring is 1. The molecule has 0 bridgehead atoms. The Hall–Kier alpha value is -6.15. The number of nitrogens with one attached hydrogen (secondary N) is 5. The summed E-state index contributed by atoms with van der Waals surface area (Å²) in [5, 5.41) is 22.4. The highest BCUT2D eigenvalue weighted by atomic mass is 35.5. The van der Waals surface area contributed by atoms with Crippen LogP contribution in [0, 0.1) is 10.7 Å². The second-order valence-electron chi connectivity index (χ2n) is 15.5. The molecular weight excluding hydrogens is 934 g/mol. The van der Waals surface area contributed by atoms with Crippen LogP contribution in [-0.4, -0.2) is 117 Å². The summed E-state index contributed by atoms with van der Waals surface area (Å²) in [5.74, 6) is 4.50. The van der Waals surface area contributed by atoms with E-state index in [1.54, 1.807) is 43.3 Å². The molecule has 2 amide bonds. The summed E-state index contributed by atoms with van der Waals surface area (Å²) < 4.78 is 9.00. The maximum Gasteiger partial charge on any atom is 0.271 e. The van der Waals surface area contributed by atoms with Crippen LogP contribution < -0.4 is 27.4 Å². The third-order valence-corrected chi connectivity index (χ3v) is 12.1. The molecule has 22 heteroatoms. The molecule has 67 heavy (non-hydrogen) atoms. The fraction of sp³-hybridized carbons (Fsp3) is 0.289. The largest absolute Gasteiger partial charge is 0.381 e. The molecule has 3 aromatic heterocycles. The number of carbonyl (C=O) groups is 2. The summed E-state index contributed by atoms with van der Waals surface area (Å²) in [4.78, 5) is 42.2. The van der Waals surface area contributed by atoms with Gasteiger partial charge in [-0.1, -0.05) is 41.4 Å². The first kappa shape index (κ1) is 50.3. The maximum absolute atomic E-state index is 12.7. The normalized spacial score (nSPS) is 12.4. The van der Waals surface area contributed by atoms with Crippen molar-refractivity contribution in [2.24, 2.45) is 10.8 Å². The monoisotopic (exact) mass is 983 g/mol. The van der Waals surface area contributed by atoms with E-state index in [-0.39, 0.29) is 16.9 Å². The molecule has 1 saturated heterocycles. The number of nitrogens with two attached hydrogens (primary N) is 1. The van der Waals surface area contributed by atoms with E-state index in [4.69, 9.17) is 51.3 Å². The highest BCUT2D eigenvalue weighted by molar-refractivity contribution is 8.03. The standard InChI is InChI=1S/C20H21ClN8OS.C12H17N5O.C9H5ClN2S.C4H8O/c1-28(2)8-9-29-11-22-18-12(4-3-5-16(18)29)19(30)26-27-20(31)24-15-7-6-14-13(17(15)21)10-23-25-14;1-16(2)6-7-17-8-14-11-9(12(18)15-13)4-3-5-10(11)17;10-9-7-4-12-3-6(7)1-2-8(9)13-5-11;1-2-4-5-3-1/h3-7,10-11H,8-9H2,1-2H3,(H,23,25)(H,26,30)(H2,24,27,31);3-5,8H,6-7,13H2,1-2H3,(H,15,18);1-2,4H,3H2;1-4H2. The first-order chi connectivity index (χ1) is 32.4. The number of hydrogen-bond acceptors (Lipinski definition) is 13. The molecule has 18 nitrogen and oxygen atoms in total. The van der Waals surface area contributed by atoms with Crippen molar-refractivity contribution in [2.45, 2.75) is 37.4 Å². The van der Waals surface area contributed by atoms with Crippen molar-refractivity contribution in [2.75, 3.05) is 59.8 Å². The van der Waals surface area contributed by atoms with E-state index in [1.807, 2.05) is 85.2 Å². The number of ether oxygens (including phenoxy) is 1. The number of likely N-dealkylation sites (N-methyl/N-ethyl adjacent to an activating group) is 2. The Morgan fingerprint density at radius 1 is 0.881 bits per heavy atom. The number of H-pyrrole nitrogens is 1. The molecular formula is C45H51Cl2N15O3S2. The molecule has 1 fully saturated rings. The number of benzene rings is 4. The quantitative estimate of drug-likeness (QED) is 0.0212. The molecule has 0 atom stereocenters. The second-order valence-corrected chi connectivity index (χ2v) is 17.5. The van der Waals surface area contributed by atoms with Gasteiger partial charge in [-0.15, -0.1) is 0 Å². The number of aromatic nitrogens is 6. The minimum absolute atomic E-state index is 0.196. The number of fused-ring (bicyclic) bond motifs is 4. The van der Waals surface area contributed by atoms with Crippen LogP contribution in [0.2, 0.25) is 10.0 Å². The van der Waals surface area contributed by atoms with Crippen LogP contribution in [0.25, 0.3) is 33.0 Å². The smallest absolute Gasteiger partial charge is 0.271 e. The highest BCUT2D eigenvalue weighted by Crippen LogP contribution is 2.33. The van der Waals surface area contributed by atoms with Crippen LogP contribution in [0.4, 0.5) is 5.69 Å². The van der Waals surface area contributed by atoms with Crippen molar-refractivity contribution < 1.29 is 14.3 Å². The zero-order valence-electron chi connectivity index (χ0n) is 37.3. The van der Waals surface area contributed by atoms with Crippen molar-refractivity contribution in [3.05, 3.63) is 112 Å². The van der Waals surface area contributed by atoms with Gasteiger partial charge in [0.05, 0.1) is 68.8 Å². The molecule has 5 heterocycles. The molecule has 0 saturated carbocycles. The fourth-order valence-electron chi connectivity index (χ4n) is 6.77. The molecule has 7 aromatic rings. The SMILES string of the molecule is C1CCOC1.CN(C)CCn1cnc2c(C(=O)NN)cccc21.CN(C)CCn1cnc2c(C(=O)NNC(=S)Nc3ccc4[nH]ncc4c3Cl)cccc21.N#CSc1ccc2c(c1Cl)C=NC2. The number of carbonyl (C=O) groups excluding carboxylic acids is 2. The Morgan fingerprint density at radius 3 is 2.07 bits per heavy atom. The van der Waals surface area contributed by atoms with Crippen LogP contribution in [0.1, 0.15) is 44.7 Å². The van der Waals surface area contributed by atoms with Crippen molar-refractivity contribution in [3.63, 3.8) is 0 Å². The second kappa shape index (κ2) is 24.6. The first-order valence-electron chi connectivity index (χ1n) is 21.0. The van der Waals surface area contributed by atoms with Gasteiger partial charge >= 0.3 is 0 Å². The number of anilines is 1. The average molecular weight is 985 g/mol. The van der Waals surface area contributed by atoms with Crippen LogP contribution >= 0.6 is 47.2 Å². The maximum atomic E-state index is 12.7. The number of halogens is 2. The van der Waals surface area contributed by atoms with Gasteiger partial charge < -0.3 is 29.0 Å². The van der Waals surface area contributed by atoms with Crippen LogP contribution in [-0.2, 0) is 24.4 Å². The number of thiocyanates is 1. The van der Waals surface area contributed by atoms with E-state index in [0.717, 1.165) is 89.1 Å². The Labute approximate surface area is 407 Å². The number of imidazole rings is 2. The number of nitrogens with zero attached hydrogens (tertiary/aromatic N) is 9. The third-order valence-electron chi connectivity index (χ3n) is 10.3. The van der Waals surface area contributed by atoms with E-state index in [1.165, 1.54) is 12.8 Å². The Morgan fingerprint density at radius 2 is 1.51 bits per heavy atom. The highest BCUT2D eigenvalue weighted by Gasteiger charge is 2.17. The molecule has 4 aromatic carbocycles. The number of thioether (sulfide) groups is 1. The molecule has 2 aliphatic heterocycles. The van der Waals surface area contributed by atoms with Gasteiger partial charge in [0.2, 0.25) is 0 Å². The predicted octanol–water partition coefficient (Wildman–Crippen LogP) is 6.60. The summed E-state index contributed by atoms with van der Waals surface area (Å²) in [5.41, 5.74) is 15.1. The number of para-hydroxylation sites is 2. The minimum Gasteiger partial charge on any atom is -0.381 e. The number of aliphatic imine (C=N–C) groups is 1. The van der Waals surface area contributed by atoms with Crippen LogP contribution in [0.5, 0.6) is 0 Å². The lowest BCUT2D eigenvalue weighted by Crippen LogP contribution is -2.43. The van der Waals surface area contributed by atoms with E-state index in [9.17, 15) is 9.59 Å². The van der Waals surface area contributed by atoms with Gasteiger partial charge in [0, 0.05) is 61.5 Å². The number of nitriles is 1. The number of thiocarbonyl (C=S) groups is 1. The zero-order valence-corrected chi connectivity index (χ0v) is 40.5. The molecule has 350 valence electrons. The van der Waals surface area contributed by atoms with Gasteiger partial charge in [0.1, 0.15) is 16.4 Å². The Bertz CT molecular complexity index is 2900. The van der Waals surface area contributed by atoms with E-state index >= 15 is 0 Å². The van der Waals surface area contributed by atoms with Gasteiger partial charge in [0.25, 0.3) is 11.8 Å². The zero-order chi connectivity index (χ0) is 47.9. The van der Waals surface area contributed by atoms with E-state index in [0.29, 0.717) is 44.4 Å².